The Morgan fingerprint density at radius 3 is 2.35 bits per heavy atom. The van der Waals surface area contributed by atoms with Crippen LogP contribution in [0.3, 0.4) is 0 Å². The smallest absolute Gasteiger partial charge is 0.137 e. The molecule has 1 aromatic heterocycles. The highest BCUT2D eigenvalue weighted by Gasteiger charge is 2.14. The second-order valence-corrected chi connectivity index (χ2v) is 5.46. The van der Waals surface area contributed by atoms with Gasteiger partial charge in [0, 0.05) is 25.1 Å². The molecule has 0 fully saturated rings. The van der Waals surface area contributed by atoms with Gasteiger partial charge in [0.05, 0.1) is 0 Å². The van der Waals surface area contributed by atoms with Crippen molar-refractivity contribution in [3.63, 3.8) is 0 Å². The Balaban J connectivity index is 2.89. The van der Waals surface area contributed by atoms with Gasteiger partial charge in [-0.15, -0.1) is 0 Å². The third kappa shape index (κ3) is 4.63. The van der Waals surface area contributed by atoms with Crippen molar-refractivity contribution >= 4 is 11.6 Å². The number of aryl methyl sites for hydroxylation is 1. The van der Waals surface area contributed by atoms with Gasteiger partial charge in [0.25, 0.3) is 0 Å². The molecule has 0 saturated carbocycles. The van der Waals surface area contributed by atoms with Gasteiger partial charge < -0.3 is 15.5 Å². The number of hydrogen-bond donors (Lipinski definition) is 1. The van der Waals surface area contributed by atoms with Crippen molar-refractivity contribution in [1.29, 1.82) is 0 Å². The van der Waals surface area contributed by atoms with E-state index in [1.807, 2.05) is 6.92 Å². The van der Waals surface area contributed by atoms with Gasteiger partial charge in [-0.2, -0.15) is 0 Å². The number of aromatic nitrogens is 2. The van der Waals surface area contributed by atoms with E-state index in [4.69, 9.17) is 10.7 Å². The highest BCUT2D eigenvalue weighted by Crippen LogP contribution is 2.22. The molecule has 5 nitrogen and oxygen atoms in total. The van der Waals surface area contributed by atoms with E-state index in [1.165, 1.54) is 0 Å². The molecule has 0 saturated heterocycles. The Hall–Kier alpha value is -1.36. The summed E-state index contributed by atoms with van der Waals surface area (Å²) in [5.74, 6) is 2.48. The Bertz CT molecular complexity index is 417. The normalized spacial score (nSPS) is 11.1. The van der Waals surface area contributed by atoms with Gasteiger partial charge in [0.1, 0.15) is 17.5 Å². The number of rotatable bonds is 8. The lowest BCUT2D eigenvalue weighted by Gasteiger charge is -2.25. The lowest BCUT2D eigenvalue weighted by atomic mass is 10.2. The van der Waals surface area contributed by atoms with E-state index < -0.39 is 0 Å². The molecule has 1 aromatic rings. The fourth-order valence-electron chi connectivity index (χ4n) is 2.20. The van der Waals surface area contributed by atoms with E-state index in [2.05, 4.69) is 42.7 Å². The minimum Gasteiger partial charge on any atom is -0.383 e. The minimum absolute atomic E-state index is 0.615. The Morgan fingerprint density at radius 2 is 1.80 bits per heavy atom. The summed E-state index contributed by atoms with van der Waals surface area (Å²) in [5, 5.41) is 0. The molecular weight excluding hydrogens is 250 g/mol. The van der Waals surface area contributed by atoms with Crippen LogP contribution in [0.4, 0.5) is 11.6 Å². The molecule has 0 amide bonds. The number of anilines is 2. The van der Waals surface area contributed by atoms with Crippen LogP contribution in [-0.2, 0) is 6.42 Å². The Kier molecular flexibility index (Phi) is 6.71. The molecule has 0 aliphatic carbocycles. The largest absolute Gasteiger partial charge is 0.383 e. The molecule has 20 heavy (non-hydrogen) atoms. The van der Waals surface area contributed by atoms with Crippen molar-refractivity contribution in [3.8, 4) is 0 Å². The van der Waals surface area contributed by atoms with Crippen LogP contribution in [0.2, 0.25) is 0 Å². The Labute approximate surface area is 123 Å². The zero-order valence-electron chi connectivity index (χ0n) is 13.6. The van der Waals surface area contributed by atoms with Crippen LogP contribution in [0.15, 0.2) is 0 Å². The molecule has 2 N–H and O–H groups in total. The van der Waals surface area contributed by atoms with Crippen molar-refractivity contribution in [2.75, 3.05) is 44.4 Å². The molecule has 0 aliphatic rings. The summed E-state index contributed by atoms with van der Waals surface area (Å²) in [6.07, 6.45) is 3.04. The third-order valence-corrected chi connectivity index (χ3v) is 3.39. The van der Waals surface area contributed by atoms with Crippen LogP contribution in [0.5, 0.6) is 0 Å². The summed E-state index contributed by atoms with van der Waals surface area (Å²) in [4.78, 5) is 13.6. The van der Waals surface area contributed by atoms with Crippen LogP contribution >= 0.6 is 0 Å². The van der Waals surface area contributed by atoms with Crippen molar-refractivity contribution in [3.05, 3.63) is 11.4 Å². The summed E-state index contributed by atoms with van der Waals surface area (Å²) in [6, 6.07) is 0. The van der Waals surface area contributed by atoms with Gasteiger partial charge in [-0.1, -0.05) is 6.92 Å². The van der Waals surface area contributed by atoms with Crippen LogP contribution < -0.4 is 10.6 Å². The molecule has 1 heterocycles. The van der Waals surface area contributed by atoms with E-state index in [-0.39, 0.29) is 0 Å². The number of nitrogens with zero attached hydrogens (tertiary/aromatic N) is 4. The molecule has 0 atom stereocenters. The lowest BCUT2D eigenvalue weighted by molar-refractivity contribution is 0.400. The first kappa shape index (κ1) is 16.7. The fourth-order valence-corrected chi connectivity index (χ4v) is 2.20. The van der Waals surface area contributed by atoms with Crippen LogP contribution in [0.1, 0.15) is 38.1 Å². The summed E-state index contributed by atoms with van der Waals surface area (Å²) in [7, 11) is 4.20. The summed E-state index contributed by atoms with van der Waals surface area (Å²) >= 11 is 0. The number of nitrogens with two attached hydrogens (primary N) is 1. The Morgan fingerprint density at radius 1 is 1.10 bits per heavy atom. The minimum atomic E-state index is 0.615. The van der Waals surface area contributed by atoms with Gasteiger partial charge in [-0.25, -0.2) is 9.97 Å². The second-order valence-electron chi connectivity index (χ2n) is 5.46. The maximum atomic E-state index is 6.04. The maximum absolute atomic E-state index is 6.04. The van der Waals surface area contributed by atoms with Crippen molar-refractivity contribution < 1.29 is 0 Å². The highest BCUT2D eigenvalue weighted by atomic mass is 15.2. The van der Waals surface area contributed by atoms with Crippen molar-refractivity contribution in [2.45, 2.75) is 40.0 Å². The second kappa shape index (κ2) is 8.04. The standard InChI is InChI=1S/C15H29N5/c1-6-9-13-17-14(16)12(3)15(18-13)20(7-2)11-8-10-19(4)5/h6-11H2,1-5H3,(H2,16,17,18). The van der Waals surface area contributed by atoms with E-state index in [0.29, 0.717) is 5.82 Å². The number of nitrogen functional groups attached to an aromatic ring is 1. The molecule has 0 unspecified atom stereocenters. The van der Waals surface area contributed by atoms with E-state index in [9.17, 15) is 0 Å². The predicted octanol–water partition coefficient (Wildman–Crippen LogP) is 2.10. The van der Waals surface area contributed by atoms with Gasteiger partial charge >= 0.3 is 0 Å². The third-order valence-electron chi connectivity index (χ3n) is 3.39. The molecule has 0 radical (unpaired) electrons. The average molecular weight is 279 g/mol. The molecule has 1 rings (SSSR count). The molecular formula is C15H29N5. The molecule has 0 bridgehead atoms. The van der Waals surface area contributed by atoms with Crippen LogP contribution in [-0.4, -0.2) is 48.6 Å². The first-order valence-electron chi connectivity index (χ1n) is 7.52. The zero-order chi connectivity index (χ0) is 15.1. The summed E-state index contributed by atoms with van der Waals surface area (Å²) in [6.45, 7) is 9.32. The highest BCUT2D eigenvalue weighted by molar-refractivity contribution is 5.56. The molecule has 0 spiro atoms. The van der Waals surface area contributed by atoms with E-state index in [0.717, 1.165) is 56.1 Å². The molecule has 0 aromatic carbocycles. The fraction of sp³-hybridized carbons (Fsp3) is 0.733. The molecule has 0 aliphatic heterocycles. The molecule has 114 valence electrons. The monoisotopic (exact) mass is 279 g/mol. The first-order chi connectivity index (χ1) is 9.49. The lowest BCUT2D eigenvalue weighted by Crippen LogP contribution is -2.29. The van der Waals surface area contributed by atoms with Crippen molar-refractivity contribution in [1.82, 2.24) is 14.9 Å². The predicted molar refractivity (Wildman–Crippen MR) is 86.2 cm³/mol. The molecule has 5 heteroatoms. The van der Waals surface area contributed by atoms with Crippen LogP contribution in [0.25, 0.3) is 0 Å². The first-order valence-corrected chi connectivity index (χ1v) is 7.52. The van der Waals surface area contributed by atoms with Crippen molar-refractivity contribution in [2.24, 2.45) is 0 Å². The topological polar surface area (TPSA) is 58.3 Å². The van der Waals surface area contributed by atoms with Gasteiger partial charge in [-0.05, 0) is 47.3 Å². The zero-order valence-corrected chi connectivity index (χ0v) is 13.6. The number of hydrogen-bond acceptors (Lipinski definition) is 5. The SMILES string of the molecule is CCCc1nc(N)c(C)c(N(CC)CCCN(C)C)n1. The summed E-state index contributed by atoms with van der Waals surface area (Å²) in [5.41, 5.74) is 7.03. The van der Waals surface area contributed by atoms with Gasteiger partial charge in [-0.3, -0.25) is 0 Å². The quantitative estimate of drug-likeness (QED) is 0.789. The van der Waals surface area contributed by atoms with E-state index in [1.54, 1.807) is 0 Å². The van der Waals surface area contributed by atoms with E-state index >= 15 is 0 Å². The maximum Gasteiger partial charge on any atom is 0.137 e. The van der Waals surface area contributed by atoms with Gasteiger partial charge in [0.15, 0.2) is 0 Å². The summed E-state index contributed by atoms with van der Waals surface area (Å²) < 4.78 is 0. The average Bonchev–Trinajstić information content (AvgIpc) is 2.39. The van der Waals surface area contributed by atoms with Gasteiger partial charge in [0.2, 0.25) is 0 Å². The van der Waals surface area contributed by atoms with Crippen LogP contribution in [0, 0.1) is 6.92 Å².